The minimum Gasteiger partial charge on any atom is -0.385 e. The van der Waals surface area contributed by atoms with Crippen molar-refractivity contribution in [2.24, 2.45) is 0 Å². The molecule has 15 heavy (non-hydrogen) atoms. The molecule has 1 aromatic rings. The maximum Gasteiger partial charge on any atom is 0.0911 e. The third-order valence-corrected chi connectivity index (χ3v) is 3.95. The van der Waals surface area contributed by atoms with Gasteiger partial charge in [-0.3, -0.25) is 0 Å². The van der Waals surface area contributed by atoms with Crippen LogP contribution >= 0.6 is 23.2 Å². The molecule has 3 heteroatoms. The van der Waals surface area contributed by atoms with Crippen molar-refractivity contribution in [2.45, 2.75) is 37.7 Å². The molecule has 1 aromatic carbocycles. The maximum atomic E-state index is 10.5. The largest absolute Gasteiger partial charge is 0.385 e. The first-order chi connectivity index (χ1) is 7.13. The van der Waals surface area contributed by atoms with E-state index >= 15 is 0 Å². The summed E-state index contributed by atoms with van der Waals surface area (Å²) in [6.45, 7) is 0. The molecule has 0 radical (unpaired) electrons. The van der Waals surface area contributed by atoms with Crippen molar-refractivity contribution < 1.29 is 5.11 Å². The first-order valence-electron chi connectivity index (χ1n) is 5.30. The molecule has 1 aliphatic carbocycles. The molecule has 1 nitrogen and oxygen atoms in total. The lowest BCUT2D eigenvalue weighted by atomic mass is 9.80. The number of hydrogen-bond acceptors (Lipinski definition) is 1. The summed E-state index contributed by atoms with van der Waals surface area (Å²) >= 11 is 12.1. The van der Waals surface area contributed by atoms with Gasteiger partial charge in [0.05, 0.1) is 15.6 Å². The second-order valence-corrected chi connectivity index (χ2v) is 4.98. The zero-order valence-electron chi connectivity index (χ0n) is 8.47. The van der Waals surface area contributed by atoms with Gasteiger partial charge in [0, 0.05) is 5.56 Å². The fraction of sp³-hybridized carbons (Fsp3) is 0.500. The molecular formula is C12H14Cl2O. The van der Waals surface area contributed by atoms with E-state index in [0.29, 0.717) is 10.0 Å². The number of benzene rings is 1. The van der Waals surface area contributed by atoms with Gasteiger partial charge in [0.15, 0.2) is 0 Å². The number of hydrogen-bond donors (Lipinski definition) is 1. The fourth-order valence-corrected chi connectivity index (χ4v) is 2.75. The highest BCUT2D eigenvalue weighted by Gasteiger charge is 2.33. The molecule has 1 N–H and O–H groups in total. The van der Waals surface area contributed by atoms with Crippen LogP contribution in [-0.2, 0) is 5.60 Å². The standard InChI is InChI=1S/C12H14Cl2O/c13-10-6-4-5-9(11(10)14)12(15)7-2-1-3-8-12/h4-6,15H,1-3,7-8H2. The molecule has 1 fully saturated rings. The summed E-state index contributed by atoms with van der Waals surface area (Å²) in [5, 5.41) is 11.5. The summed E-state index contributed by atoms with van der Waals surface area (Å²) in [5.41, 5.74) is 0.0246. The summed E-state index contributed by atoms with van der Waals surface area (Å²) in [7, 11) is 0. The third kappa shape index (κ3) is 2.15. The molecule has 0 amide bonds. The van der Waals surface area contributed by atoms with Gasteiger partial charge in [0.2, 0.25) is 0 Å². The maximum absolute atomic E-state index is 10.5. The van der Waals surface area contributed by atoms with Crippen LogP contribution in [0, 0.1) is 0 Å². The van der Waals surface area contributed by atoms with Crippen molar-refractivity contribution in [3.63, 3.8) is 0 Å². The van der Waals surface area contributed by atoms with E-state index in [1.54, 1.807) is 6.07 Å². The minimum atomic E-state index is -0.764. The molecule has 0 atom stereocenters. The van der Waals surface area contributed by atoms with Gasteiger partial charge < -0.3 is 5.11 Å². The van der Waals surface area contributed by atoms with Crippen molar-refractivity contribution in [3.8, 4) is 0 Å². The summed E-state index contributed by atoms with van der Waals surface area (Å²) in [4.78, 5) is 0. The second-order valence-electron chi connectivity index (χ2n) is 4.19. The van der Waals surface area contributed by atoms with Gasteiger partial charge in [-0.1, -0.05) is 54.6 Å². The second kappa shape index (κ2) is 4.32. The molecule has 0 spiro atoms. The highest BCUT2D eigenvalue weighted by atomic mass is 35.5. The van der Waals surface area contributed by atoms with Gasteiger partial charge in [-0.25, -0.2) is 0 Å². The average molecular weight is 245 g/mol. The molecule has 1 aliphatic rings. The van der Waals surface area contributed by atoms with E-state index in [0.717, 1.165) is 31.2 Å². The quantitative estimate of drug-likeness (QED) is 0.788. The Bertz CT molecular complexity index is 357. The Morgan fingerprint density at radius 3 is 2.40 bits per heavy atom. The van der Waals surface area contributed by atoms with Gasteiger partial charge in [-0.15, -0.1) is 0 Å². The van der Waals surface area contributed by atoms with Crippen LogP contribution in [0.4, 0.5) is 0 Å². The monoisotopic (exact) mass is 244 g/mol. The zero-order valence-corrected chi connectivity index (χ0v) is 9.98. The lowest BCUT2D eigenvalue weighted by molar-refractivity contribution is -0.000518. The van der Waals surface area contributed by atoms with Crippen molar-refractivity contribution in [2.75, 3.05) is 0 Å². The van der Waals surface area contributed by atoms with Crippen LogP contribution in [0.1, 0.15) is 37.7 Å². The molecule has 0 aliphatic heterocycles. The molecule has 82 valence electrons. The van der Waals surface area contributed by atoms with Gasteiger partial charge in [0.1, 0.15) is 0 Å². The number of rotatable bonds is 1. The first-order valence-corrected chi connectivity index (χ1v) is 6.06. The van der Waals surface area contributed by atoms with Crippen molar-refractivity contribution in [1.82, 2.24) is 0 Å². The molecule has 0 unspecified atom stereocenters. The van der Waals surface area contributed by atoms with Crippen LogP contribution in [0.3, 0.4) is 0 Å². The Morgan fingerprint density at radius 2 is 1.73 bits per heavy atom. The van der Waals surface area contributed by atoms with Gasteiger partial charge in [-0.2, -0.15) is 0 Å². The van der Waals surface area contributed by atoms with E-state index in [2.05, 4.69) is 0 Å². The van der Waals surface area contributed by atoms with Gasteiger partial charge >= 0.3 is 0 Å². The van der Waals surface area contributed by atoms with E-state index < -0.39 is 5.60 Å². The molecule has 2 rings (SSSR count). The normalized spacial score (nSPS) is 20.2. The van der Waals surface area contributed by atoms with Crippen molar-refractivity contribution in [1.29, 1.82) is 0 Å². The molecule has 0 heterocycles. The Kier molecular flexibility index (Phi) is 3.24. The van der Waals surface area contributed by atoms with Gasteiger partial charge in [-0.05, 0) is 18.9 Å². The van der Waals surface area contributed by atoms with E-state index in [-0.39, 0.29) is 0 Å². The molecular weight excluding hydrogens is 231 g/mol. The summed E-state index contributed by atoms with van der Waals surface area (Å²) in [5.74, 6) is 0. The molecule has 0 bridgehead atoms. The lowest BCUT2D eigenvalue weighted by Gasteiger charge is -2.33. The smallest absolute Gasteiger partial charge is 0.0911 e. The van der Waals surface area contributed by atoms with Crippen LogP contribution in [0.15, 0.2) is 18.2 Å². The summed E-state index contributed by atoms with van der Waals surface area (Å²) in [6.07, 6.45) is 4.87. The first kappa shape index (κ1) is 11.3. The van der Waals surface area contributed by atoms with E-state index in [1.165, 1.54) is 6.42 Å². The fourth-order valence-electron chi connectivity index (χ4n) is 2.27. The van der Waals surface area contributed by atoms with Gasteiger partial charge in [0.25, 0.3) is 0 Å². The van der Waals surface area contributed by atoms with Crippen LogP contribution in [-0.4, -0.2) is 5.11 Å². The van der Waals surface area contributed by atoms with Crippen molar-refractivity contribution in [3.05, 3.63) is 33.8 Å². The topological polar surface area (TPSA) is 20.2 Å². The van der Waals surface area contributed by atoms with Crippen LogP contribution in [0.25, 0.3) is 0 Å². The highest BCUT2D eigenvalue weighted by molar-refractivity contribution is 6.42. The predicted molar refractivity (Wildman–Crippen MR) is 63.4 cm³/mol. The summed E-state index contributed by atoms with van der Waals surface area (Å²) in [6, 6.07) is 5.47. The Morgan fingerprint density at radius 1 is 1.07 bits per heavy atom. The Labute approximate surface area is 100 Å². The molecule has 1 saturated carbocycles. The number of aliphatic hydroxyl groups is 1. The van der Waals surface area contributed by atoms with Crippen molar-refractivity contribution >= 4 is 23.2 Å². The highest BCUT2D eigenvalue weighted by Crippen LogP contribution is 2.41. The van der Waals surface area contributed by atoms with E-state index in [4.69, 9.17) is 23.2 Å². The number of halogens is 2. The molecule has 0 aromatic heterocycles. The van der Waals surface area contributed by atoms with Crippen LogP contribution in [0.2, 0.25) is 10.0 Å². The van der Waals surface area contributed by atoms with Crippen LogP contribution < -0.4 is 0 Å². The average Bonchev–Trinajstić information content (AvgIpc) is 2.23. The SMILES string of the molecule is OC1(c2cccc(Cl)c2Cl)CCCCC1. The van der Waals surface area contributed by atoms with Crippen LogP contribution in [0.5, 0.6) is 0 Å². The predicted octanol–water partition coefficient (Wildman–Crippen LogP) is 4.15. The minimum absolute atomic E-state index is 0.503. The summed E-state index contributed by atoms with van der Waals surface area (Å²) < 4.78 is 0. The van der Waals surface area contributed by atoms with E-state index in [9.17, 15) is 5.11 Å². The molecule has 0 saturated heterocycles. The van der Waals surface area contributed by atoms with E-state index in [1.807, 2.05) is 12.1 Å². The third-order valence-electron chi connectivity index (χ3n) is 3.13. The Hall–Kier alpha value is -0.240. The zero-order chi connectivity index (χ0) is 10.9. The lowest BCUT2D eigenvalue weighted by Crippen LogP contribution is -2.28. The Balaban J connectivity index is 2.39.